The van der Waals surface area contributed by atoms with Crippen molar-refractivity contribution in [1.82, 2.24) is 4.98 Å². The Morgan fingerprint density at radius 2 is 1.90 bits per heavy atom. The van der Waals surface area contributed by atoms with Gasteiger partial charge in [-0.05, 0) is 42.8 Å². The summed E-state index contributed by atoms with van der Waals surface area (Å²) in [6, 6.07) is 9.74. The van der Waals surface area contributed by atoms with Gasteiger partial charge in [-0.25, -0.2) is 13.4 Å². The smallest absolute Gasteiger partial charge is 0.263 e. The van der Waals surface area contributed by atoms with Crippen LogP contribution in [-0.4, -0.2) is 19.9 Å². The Morgan fingerprint density at radius 3 is 2.52 bits per heavy atom. The molecule has 0 saturated carbocycles. The molecule has 7 heteroatoms. The van der Waals surface area contributed by atoms with Gasteiger partial charge in [-0.1, -0.05) is 18.5 Å². The third-order valence-electron chi connectivity index (χ3n) is 2.73. The van der Waals surface area contributed by atoms with Crippen LogP contribution >= 0.6 is 11.6 Å². The molecule has 0 fully saturated rings. The van der Waals surface area contributed by atoms with Gasteiger partial charge < -0.3 is 5.32 Å². The van der Waals surface area contributed by atoms with Gasteiger partial charge in [-0.2, -0.15) is 0 Å². The summed E-state index contributed by atoms with van der Waals surface area (Å²) in [5, 5.41) is 3.44. The van der Waals surface area contributed by atoms with Crippen LogP contribution in [0, 0.1) is 0 Å². The molecule has 5 nitrogen and oxygen atoms in total. The summed E-state index contributed by atoms with van der Waals surface area (Å²) in [7, 11) is -3.70. The average Bonchev–Trinajstić information content (AvgIpc) is 2.48. The third kappa shape index (κ3) is 4.09. The summed E-state index contributed by atoms with van der Waals surface area (Å²) in [4.78, 5) is 4.07. The van der Waals surface area contributed by atoms with Crippen molar-refractivity contribution in [1.29, 1.82) is 0 Å². The minimum absolute atomic E-state index is 0.118. The van der Waals surface area contributed by atoms with E-state index in [0.717, 1.165) is 18.7 Å². The maximum absolute atomic E-state index is 12.2. The highest BCUT2D eigenvalue weighted by atomic mass is 35.5. The van der Waals surface area contributed by atoms with E-state index in [9.17, 15) is 8.42 Å². The van der Waals surface area contributed by atoms with E-state index in [0.29, 0.717) is 0 Å². The molecule has 0 radical (unpaired) electrons. The second-order valence-corrected chi connectivity index (χ2v) is 6.48. The highest BCUT2D eigenvalue weighted by Crippen LogP contribution is 2.22. The molecule has 0 amide bonds. The Morgan fingerprint density at radius 1 is 1.19 bits per heavy atom. The van der Waals surface area contributed by atoms with Gasteiger partial charge in [0.05, 0.1) is 9.92 Å². The van der Waals surface area contributed by atoms with E-state index in [1.165, 1.54) is 18.3 Å². The zero-order valence-corrected chi connectivity index (χ0v) is 13.1. The second-order valence-electron chi connectivity index (χ2n) is 4.39. The van der Waals surface area contributed by atoms with Crippen molar-refractivity contribution in [3.8, 4) is 0 Å². The van der Waals surface area contributed by atoms with E-state index in [2.05, 4.69) is 21.9 Å². The van der Waals surface area contributed by atoms with Crippen LogP contribution < -0.4 is 10.0 Å². The predicted octanol–water partition coefficient (Wildman–Crippen LogP) is 3.36. The molecule has 1 aromatic heterocycles. The molecule has 2 aromatic rings. The standard InChI is InChI=1S/C14H16ClN3O2S/c1-2-9-16-11-5-7-12(8-6-11)21(19,20)18-14-13(15)4-3-10-17-14/h3-8,10,16H,2,9H2,1H3,(H,17,18). The zero-order chi connectivity index (χ0) is 15.3. The van der Waals surface area contributed by atoms with Gasteiger partial charge >= 0.3 is 0 Å². The first-order chi connectivity index (χ1) is 10.0. The van der Waals surface area contributed by atoms with Gasteiger partial charge in [0, 0.05) is 18.4 Å². The minimum atomic E-state index is -3.70. The Balaban J connectivity index is 2.18. The van der Waals surface area contributed by atoms with Gasteiger partial charge in [0.1, 0.15) is 0 Å². The van der Waals surface area contributed by atoms with Crippen LogP contribution in [0.3, 0.4) is 0 Å². The van der Waals surface area contributed by atoms with Crippen LogP contribution in [0.15, 0.2) is 47.5 Å². The Kier molecular flexibility index (Phi) is 5.03. The largest absolute Gasteiger partial charge is 0.385 e. The van der Waals surface area contributed by atoms with Crippen LogP contribution in [0.25, 0.3) is 0 Å². The van der Waals surface area contributed by atoms with Gasteiger partial charge in [0.2, 0.25) is 0 Å². The van der Waals surface area contributed by atoms with Gasteiger partial charge in [-0.3, -0.25) is 4.72 Å². The lowest BCUT2D eigenvalue weighted by molar-refractivity contribution is 0.601. The van der Waals surface area contributed by atoms with E-state index in [1.54, 1.807) is 24.3 Å². The molecule has 0 bridgehead atoms. The molecule has 0 aliphatic rings. The number of rotatable bonds is 6. The fourth-order valence-electron chi connectivity index (χ4n) is 1.67. The number of sulfonamides is 1. The highest BCUT2D eigenvalue weighted by molar-refractivity contribution is 7.92. The van der Waals surface area contributed by atoms with Crippen molar-refractivity contribution < 1.29 is 8.42 Å². The number of nitrogens with one attached hydrogen (secondary N) is 2. The normalized spacial score (nSPS) is 11.1. The summed E-state index contributed by atoms with van der Waals surface area (Å²) in [6.45, 7) is 2.90. The first-order valence-corrected chi connectivity index (χ1v) is 8.36. The van der Waals surface area contributed by atoms with Gasteiger partial charge in [-0.15, -0.1) is 0 Å². The number of benzene rings is 1. The molecule has 0 atom stereocenters. The van der Waals surface area contributed by atoms with Crippen LogP contribution in [0.2, 0.25) is 5.02 Å². The van der Waals surface area contributed by atoms with Crippen LogP contribution in [-0.2, 0) is 10.0 Å². The number of halogens is 1. The lowest BCUT2D eigenvalue weighted by Gasteiger charge is -2.09. The van der Waals surface area contributed by atoms with E-state index in [4.69, 9.17) is 11.6 Å². The number of aromatic nitrogens is 1. The molecule has 1 aromatic carbocycles. The summed E-state index contributed by atoms with van der Waals surface area (Å²) in [5.74, 6) is 0.118. The molecule has 0 aliphatic carbocycles. The van der Waals surface area contributed by atoms with E-state index >= 15 is 0 Å². The van der Waals surface area contributed by atoms with E-state index in [-0.39, 0.29) is 15.7 Å². The lowest BCUT2D eigenvalue weighted by atomic mass is 10.3. The minimum Gasteiger partial charge on any atom is -0.385 e. The number of hydrogen-bond donors (Lipinski definition) is 2. The van der Waals surface area contributed by atoms with Crippen molar-refractivity contribution in [2.24, 2.45) is 0 Å². The van der Waals surface area contributed by atoms with Crippen LogP contribution in [0.4, 0.5) is 11.5 Å². The van der Waals surface area contributed by atoms with Crippen LogP contribution in [0.5, 0.6) is 0 Å². The first-order valence-electron chi connectivity index (χ1n) is 6.50. The Bertz CT molecular complexity index is 702. The average molecular weight is 326 g/mol. The maximum atomic E-state index is 12.2. The fourth-order valence-corrected chi connectivity index (χ4v) is 2.92. The van der Waals surface area contributed by atoms with Crippen molar-refractivity contribution in [3.05, 3.63) is 47.6 Å². The Labute approximate surface area is 129 Å². The number of nitrogens with zero attached hydrogens (tertiary/aromatic N) is 1. The van der Waals surface area contributed by atoms with Gasteiger partial charge in [0.25, 0.3) is 10.0 Å². The Hall–Kier alpha value is -1.79. The number of pyridine rings is 1. The summed E-state index contributed by atoms with van der Waals surface area (Å²) < 4.78 is 26.9. The summed E-state index contributed by atoms with van der Waals surface area (Å²) >= 11 is 5.90. The monoisotopic (exact) mass is 325 g/mol. The number of hydrogen-bond acceptors (Lipinski definition) is 4. The molecule has 2 N–H and O–H groups in total. The number of anilines is 2. The quantitative estimate of drug-likeness (QED) is 0.854. The maximum Gasteiger partial charge on any atom is 0.263 e. The molecule has 0 aliphatic heterocycles. The fraction of sp³-hybridized carbons (Fsp3) is 0.214. The van der Waals surface area contributed by atoms with Gasteiger partial charge in [0.15, 0.2) is 5.82 Å². The topological polar surface area (TPSA) is 71.1 Å². The molecule has 1 heterocycles. The zero-order valence-electron chi connectivity index (χ0n) is 11.5. The lowest BCUT2D eigenvalue weighted by Crippen LogP contribution is -2.14. The predicted molar refractivity (Wildman–Crippen MR) is 85.3 cm³/mol. The van der Waals surface area contributed by atoms with Crippen molar-refractivity contribution in [2.75, 3.05) is 16.6 Å². The summed E-state index contributed by atoms with van der Waals surface area (Å²) in [6.07, 6.45) is 2.47. The molecule has 0 unspecified atom stereocenters. The summed E-state index contributed by atoms with van der Waals surface area (Å²) in [5.41, 5.74) is 0.881. The third-order valence-corrected chi connectivity index (χ3v) is 4.39. The van der Waals surface area contributed by atoms with E-state index < -0.39 is 10.0 Å². The van der Waals surface area contributed by atoms with Crippen molar-refractivity contribution in [3.63, 3.8) is 0 Å². The molecule has 0 spiro atoms. The van der Waals surface area contributed by atoms with Crippen molar-refractivity contribution in [2.45, 2.75) is 18.2 Å². The molecular weight excluding hydrogens is 310 g/mol. The first kappa shape index (κ1) is 15.6. The molecule has 112 valence electrons. The van der Waals surface area contributed by atoms with Crippen LogP contribution in [0.1, 0.15) is 13.3 Å². The molecular formula is C14H16ClN3O2S. The van der Waals surface area contributed by atoms with Crippen molar-refractivity contribution >= 4 is 33.1 Å². The highest BCUT2D eigenvalue weighted by Gasteiger charge is 2.16. The van der Waals surface area contributed by atoms with E-state index in [1.807, 2.05) is 0 Å². The second kappa shape index (κ2) is 6.78. The molecule has 21 heavy (non-hydrogen) atoms. The SMILES string of the molecule is CCCNc1ccc(S(=O)(=O)Nc2ncccc2Cl)cc1. The molecule has 0 saturated heterocycles. The molecule has 2 rings (SSSR count).